The average Bonchev–Trinajstić information content (AvgIpc) is 2.79. The first-order valence-electron chi connectivity index (χ1n) is 6.89. The van der Waals surface area contributed by atoms with Crippen LogP contribution in [0.3, 0.4) is 0 Å². The number of aromatic nitrogens is 3. The van der Waals surface area contributed by atoms with Crippen molar-refractivity contribution in [3.05, 3.63) is 23.9 Å². The second kappa shape index (κ2) is 6.02. The largest absolute Gasteiger partial charge is 0.391 e. The highest BCUT2D eigenvalue weighted by Crippen LogP contribution is 2.14. The maximum atomic E-state index is 10.1. The second-order valence-corrected chi connectivity index (χ2v) is 4.97. The zero-order chi connectivity index (χ0) is 13.8. The predicted molar refractivity (Wildman–Crippen MR) is 76.3 cm³/mol. The Morgan fingerprint density at radius 3 is 2.74 bits per heavy atom. The van der Waals surface area contributed by atoms with Gasteiger partial charge < -0.3 is 10.4 Å². The van der Waals surface area contributed by atoms with Crippen LogP contribution in [0.25, 0.3) is 5.65 Å². The molecule has 0 bridgehead atoms. The van der Waals surface area contributed by atoms with Crippen molar-refractivity contribution in [2.24, 2.45) is 5.92 Å². The molecule has 0 aliphatic heterocycles. The van der Waals surface area contributed by atoms with E-state index in [1.165, 1.54) is 0 Å². The fraction of sp³-hybridized carbons (Fsp3) is 0.571. The number of aliphatic hydroxyl groups is 1. The van der Waals surface area contributed by atoms with Gasteiger partial charge in [-0.05, 0) is 24.5 Å². The van der Waals surface area contributed by atoms with Gasteiger partial charge in [0.1, 0.15) is 0 Å². The Kier molecular flexibility index (Phi) is 4.37. The Morgan fingerprint density at radius 1 is 1.32 bits per heavy atom. The zero-order valence-corrected chi connectivity index (χ0v) is 11.8. The molecule has 0 saturated heterocycles. The van der Waals surface area contributed by atoms with E-state index in [-0.39, 0.29) is 6.10 Å². The summed E-state index contributed by atoms with van der Waals surface area (Å²) in [5, 5.41) is 17.5. The lowest BCUT2D eigenvalue weighted by Crippen LogP contribution is -2.28. The fourth-order valence-electron chi connectivity index (χ4n) is 2.26. The first kappa shape index (κ1) is 13.8. The number of hydrogen-bond donors (Lipinski definition) is 2. The van der Waals surface area contributed by atoms with Crippen LogP contribution in [-0.2, 0) is 0 Å². The number of nitrogens with one attached hydrogen (secondary N) is 1. The van der Waals surface area contributed by atoms with Crippen molar-refractivity contribution < 1.29 is 5.11 Å². The van der Waals surface area contributed by atoms with E-state index in [1.807, 2.05) is 25.3 Å². The highest BCUT2D eigenvalue weighted by atomic mass is 16.3. The number of fused-ring (bicyclic) bond motifs is 1. The molecule has 2 aromatic rings. The third kappa shape index (κ3) is 3.23. The molecule has 1 unspecified atom stereocenters. The maximum absolute atomic E-state index is 10.1. The lowest BCUT2D eigenvalue weighted by molar-refractivity contribution is 0.114. The molecule has 5 nitrogen and oxygen atoms in total. The Labute approximate surface area is 113 Å². The summed E-state index contributed by atoms with van der Waals surface area (Å²) in [6.45, 7) is 6.71. The van der Waals surface area contributed by atoms with Crippen LogP contribution in [0.1, 0.15) is 32.3 Å². The summed E-state index contributed by atoms with van der Waals surface area (Å²) in [5.41, 5.74) is 1.95. The van der Waals surface area contributed by atoms with Crippen molar-refractivity contribution in [3.8, 4) is 0 Å². The quantitative estimate of drug-likeness (QED) is 0.838. The van der Waals surface area contributed by atoms with Crippen LogP contribution in [0.5, 0.6) is 0 Å². The Balaban J connectivity index is 2.01. The van der Waals surface area contributed by atoms with E-state index in [9.17, 15) is 5.11 Å². The molecule has 19 heavy (non-hydrogen) atoms. The normalized spacial score (nSPS) is 13.1. The van der Waals surface area contributed by atoms with E-state index in [1.54, 1.807) is 4.52 Å². The molecular formula is C14H22N4O. The molecule has 2 N–H and O–H groups in total. The fourth-order valence-corrected chi connectivity index (χ4v) is 2.26. The van der Waals surface area contributed by atoms with E-state index in [0.29, 0.717) is 18.4 Å². The van der Waals surface area contributed by atoms with Gasteiger partial charge >= 0.3 is 0 Å². The lowest BCUT2D eigenvalue weighted by atomic mass is 9.97. The lowest BCUT2D eigenvalue weighted by Gasteiger charge is -2.19. The van der Waals surface area contributed by atoms with E-state index in [0.717, 1.165) is 24.1 Å². The second-order valence-electron chi connectivity index (χ2n) is 4.97. The molecule has 1 atom stereocenters. The van der Waals surface area contributed by atoms with E-state index >= 15 is 0 Å². The van der Waals surface area contributed by atoms with Crippen LogP contribution in [0, 0.1) is 12.8 Å². The van der Waals surface area contributed by atoms with Crippen molar-refractivity contribution in [1.82, 2.24) is 14.6 Å². The van der Waals surface area contributed by atoms with Crippen LogP contribution in [0.15, 0.2) is 18.3 Å². The minimum absolute atomic E-state index is 0.326. The van der Waals surface area contributed by atoms with E-state index in [4.69, 9.17) is 0 Å². The number of rotatable bonds is 6. The number of anilines is 1. The highest BCUT2D eigenvalue weighted by molar-refractivity contribution is 5.44. The van der Waals surface area contributed by atoms with Gasteiger partial charge in [0, 0.05) is 12.7 Å². The molecule has 0 aliphatic rings. The van der Waals surface area contributed by atoms with Crippen LogP contribution in [-0.4, -0.2) is 32.4 Å². The van der Waals surface area contributed by atoms with Gasteiger partial charge in [-0.15, -0.1) is 5.10 Å². The van der Waals surface area contributed by atoms with E-state index in [2.05, 4.69) is 29.2 Å². The molecule has 2 aromatic heterocycles. The molecule has 0 fully saturated rings. The maximum Gasteiger partial charge on any atom is 0.243 e. The Morgan fingerprint density at radius 2 is 2.05 bits per heavy atom. The third-order valence-electron chi connectivity index (χ3n) is 3.54. The first-order chi connectivity index (χ1) is 9.13. The summed E-state index contributed by atoms with van der Waals surface area (Å²) in [4.78, 5) is 4.37. The standard InChI is InChI=1S/C14H22N4O/c1-4-11(5-2)12(19)8-15-14-16-13-7-6-10(3)9-18(13)17-14/h6-7,9,11-12,19H,4-5,8H2,1-3H3,(H,15,17). The van der Waals surface area contributed by atoms with Gasteiger partial charge in [-0.1, -0.05) is 32.8 Å². The average molecular weight is 262 g/mol. The van der Waals surface area contributed by atoms with Gasteiger partial charge in [0.2, 0.25) is 5.95 Å². The summed E-state index contributed by atoms with van der Waals surface area (Å²) in [7, 11) is 0. The minimum Gasteiger partial charge on any atom is -0.391 e. The summed E-state index contributed by atoms with van der Waals surface area (Å²) >= 11 is 0. The number of pyridine rings is 1. The Bertz CT molecular complexity index is 533. The molecule has 5 heteroatoms. The first-order valence-corrected chi connectivity index (χ1v) is 6.89. The van der Waals surface area contributed by atoms with Gasteiger partial charge in [-0.25, -0.2) is 4.52 Å². The van der Waals surface area contributed by atoms with Gasteiger partial charge in [-0.3, -0.25) is 0 Å². The summed E-state index contributed by atoms with van der Waals surface area (Å²) in [6.07, 6.45) is 3.54. The van der Waals surface area contributed by atoms with Crippen LogP contribution in [0.2, 0.25) is 0 Å². The summed E-state index contributed by atoms with van der Waals surface area (Å²) in [6, 6.07) is 3.94. The number of aliphatic hydroxyl groups excluding tert-OH is 1. The van der Waals surface area contributed by atoms with Crippen LogP contribution in [0.4, 0.5) is 5.95 Å². The minimum atomic E-state index is -0.358. The highest BCUT2D eigenvalue weighted by Gasteiger charge is 2.15. The SMILES string of the molecule is CCC(CC)C(O)CNc1nc2ccc(C)cn2n1. The number of hydrogen-bond acceptors (Lipinski definition) is 4. The third-order valence-corrected chi connectivity index (χ3v) is 3.54. The molecule has 0 amide bonds. The van der Waals surface area contributed by atoms with Crippen molar-refractivity contribution in [3.63, 3.8) is 0 Å². The molecule has 104 valence electrons. The summed E-state index contributed by atoms with van der Waals surface area (Å²) < 4.78 is 1.75. The topological polar surface area (TPSA) is 62.5 Å². The van der Waals surface area contributed by atoms with Gasteiger partial charge in [0.05, 0.1) is 6.10 Å². The van der Waals surface area contributed by atoms with Gasteiger partial charge in [0.25, 0.3) is 0 Å². The van der Waals surface area contributed by atoms with Crippen molar-refractivity contribution in [2.45, 2.75) is 39.7 Å². The zero-order valence-electron chi connectivity index (χ0n) is 11.8. The van der Waals surface area contributed by atoms with Crippen molar-refractivity contribution >= 4 is 11.6 Å². The van der Waals surface area contributed by atoms with Crippen molar-refractivity contribution in [2.75, 3.05) is 11.9 Å². The molecule has 0 spiro atoms. The number of aryl methyl sites for hydroxylation is 1. The van der Waals surface area contributed by atoms with Crippen LogP contribution >= 0.6 is 0 Å². The molecule has 0 aromatic carbocycles. The van der Waals surface area contributed by atoms with E-state index < -0.39 is 0 Å². The monoisotopic (exact) mass is 262 g/mol. The van der Waals surface area contributed by atoms with Crippen molar-refractivity contribution in [1.29, 1.82) is 0 Å². The number of nitrogens with zero attached hydrogens (tertiary/aromatic N) is 3. The van der Waals surface area contributed by atoms with Gasteiger partial charge in [-0.2, -0.15) is 4.98 Å². The molecule has 0 radical (unpaired) electrons. The molecule has 0 aliphatic carbocycles. The van der Waals surface area contributed by atoms with Gasteiger partial charge in [0.15, 0.2) is 5.65 Å². The molecule has 2 rings (SSSR count). The molecule has 0 saturated carbocycles. The summed E-state index contributed by atoms with van der Waals surface area (Å²) in [5.74, 6) is 0.891. The molecular weight excluding hydrogens is 240 g/mol. The van der Waals surface area contributed by atoms with Crippen LogP contribution < -0.4 is 5.32 Å². The smallest absolute Gasteiger partial charge is 0.243 e. The Hall–Kier alpha value is -1.62. The predicted octanol–water partition coefficient (Wildman–Crippen LogP) is 2.25. The molecule has 2 heterocycles.